The third-order valence-corrected chi connectivity index (χ3v) is 3.42. The highest BCUT2D eigenvalue weighted by atomic mass is 16.5. The molecule has 2 aromatic heterocycles. The molecule has 0 aliphatic heterocycles. The summed E-state index contributed by atoms with van der Waals surface area (Å²) in [6.45, 7) is 1.49. The Morgan fingerprint density at radius 1 is 1.29 bits per heavy atom. The van der Waals surface area contributed by atoms with Crippen molar-refractivity contribution in [1.82, 2.24) is 15.2 Å². The Kier molecular flexibility index (Phi) is 6.97. The summed E-state index contributed by atoms with van der Waals surface area (Å²) in [5.74, 6) is -0.318. The number of nitrogens with one attached hydrogen (secondary N) is 1. The molecular formula is C17H21N3O4. The lowest BCUT2D eigenvalue weighted by Crippen LogP contribution is -2.37. The lowest BCUT2D eigenvalue weighted by atomic mass is 10.2. The summed E-state index contributed by atoms with van der Waals surface area (Å²) < 4.78 is 9.96. The van der Waals surface area contributed by atoms with Gasteiger partial charge in [0.25, 0.3) is 5.91 Å². The molecule has 0 fully saturated rings. The molecule has 0 aliphatic carbocycles. The van der Waals surface area contributed by atoms with Crippen LogP contribution in [-0.4, -0.2) is 48.5 Å². The van der Waals surface area contributed by atoms with E-state index in [0.717, 1.165) is 5.69 Å². The number of furan rings is 1. The Hall–Kier alpha value is -2.67. The molecular weight excluding hydrogens is 310 g/mol. The van der Waals surface area contributed by atoms with Crippen molar-refractivity contribution in [3.05, 3.63) is 54.2 Å². The number of rotatable bonds is 9. The van der Waals surface area contributed by atoms with Gasteiger partial charge < -0.3 is 19.4 Å². The number of ether oxygens (including phenoxy) is 1. The standard InChI is InChI=1S/C17H21N3O4/c1-23-11-9-20(17(22)14-6-10-24-13-14)8-5-16(21)19-12-15-4-2-3-7-18-15/h2-4,6-7,10,13H,5,8-9,11-12H2,1H3,(H,19,21). The normalized spacial score (nSPS) is 10.4. The van der Waals surface area contributed by atoms with E-state index >= 15 is 0 Å². The highest BCUT2D eigenvalue weighted by Gasteiger charge is 2.17. The Morgan fingerprint density at radius 2 is 2.17 bits per heavy atom. The fraction of sp³-hybridized carbons (Fsp3) is 0.353. The molecule has 0 saturated heterocycles. The van der Waals surface area contributed by atoms with Crippen molar-refractivity contribution in [2.75, 3.05) is 26.8 Å². The van der Waals surface area contributed by atoms with Crippen LogP contribution in [-0.2, 0) is 16.1 Å². The number of hydrogen-bond acceptors (Lipinski definition) is 5. The minimum atomic E-state index is -0.182. The molecule has 0 aromatic carbocycles. The minimum absolute atomic E-state index is 0.136. The number of amides is 2. The van der Waals surface area contributed by atoms with E-state index in [4.69, 9.17) is 9.15 Å². The Morgan fingerprint density at radius 3 is 2.83 bits per heavy atom. The average Bonchev–Trinajstić information content (AvgIpc) is 3.15. The second-order valence-electron chi connectivity index (χ2n) is 5.14. The van der Waals surface area contributed by atoms with Gasteiger partial charge in [-0.25, -0.2) is 0 Å². The fourth-order valence-electron chi connectivity index (χ4n) is 2.10. The van der Waals surface area contributed by atoms with Crippen LogP contribution in [0.4, 0.5) is 0 Å². The van der Waals surface area contributed by atoms with Gasteiger partial charge in [-0.15, -0.1) is 0 Å². The van der Waals surface area contributed by atoms with Crippen LogP contribution in [0.25, 0.3) is 0 Å². The zero-order valence-corrected chi connectivity index (χ0v) is 13.6. The molecule has 0 bridgehead atoms. The van der Waals surface area contributed by atoms with Crippen molar-refractivity contribution < 1.29 is 18.7 Å². The number of hydrogen-bond donors (Lipinski definition) is 1. The van der Waals surface area contributed by atoms with Gasteiger partial charge in [0.2, 0.25) is 5.91 Å². The molecule has 0 saturated carbocycles. The summed E-state index contributed by atoms with van der Waals surface area (Å²) in [6.07, 6.45) is 4.72. The van der Waals surface area contributed by atoms with E-state index in [0.29, 0.717) is 31.8 Å². The van der Waals surface area contributed by atoms with Crippen molar-refractivity contribution in [3.8, 4) is 0 Å². The molecule has 2 amide bonds. The summed E-state index contributed by atoms with van der Waals surface area (Å²) in [5.41, 5.74) is 1.25. The van der Waals surface area contributed by atoms with E-state index in [1.54, 1.807) is 24.3 Å². The predicted octanol–water partition coefficient (Wildman–Crippen LogP) is 1.47. The highest BCUT2D eigenvalue weighted by Crippen LogP contribution is 2.06. The smallest absolute Gasteiger partial charge is 0.257 e. The first kappa shape index (κ1) is 17.7. The van der Waals surface area contributed by atoms with Crippen LogP contribution in [0.15, 0.2) is 47.4 Å². The van der Waals surface area contributed by atoms with Crippen LogP contribution >= 0.6 is 0 Å². The van der Waals surface area contributed by atoms with E-state index in [1.807, 2.05) is 18.2 Å². The van der Waals surface area contributed by atoms with E-state index in [9.17, 15) is 9.59 Å². The van der Waals surface area contributed by atoms with E-state index in [2.05, 4.69) is 10.3 Å². The highest BCUT2D eigenvalue weighted by molar-refractivity contribution is 5.94. The van der Waals surface area contributed by atoms with Crippen LogP contribution in [0.2, 0.25) is 0 Å². The second-order valence-corrected chi connectivity index (χ2v) is 5.14. The molecule has 7 nitrogen and oxygen atoms in total. The van der Waals surface area contributed by atoms with Gasteiger partial charge in [-0.2, -0.15) is 0 Å². The Bertz CT molecular complexity index is 629. The number of methoxy groups -OCH3 is 1. The van der Waals surface area contributed by atoms with Gasteiger partial charge in [-0.1, -0.05) is 6.07 Å². The van der Waals surface area contributed by atoms with E-state index in [1.165, 1.54) is 12.5 Å². The molecule has 2 aromatic rings. The maximum Gasteiger partial charge on any atom is 0.257 e. The lowest BCUT2D eigenvalue weighted by Gasteiger charge is -2.21. The summed E-state index contributed by atoms with van der Waals surface area (Å²) in [4.78, 5) is 30.1. The first-order valence-corrected chi connectivity index (χ1v) is 7.67. The van der Waals surface area contributed by atoms with Gasteiger partial charge in [0.15, 0.2) is 0 Å². The number of pyridine rings is 1. The number of carbonyl (C=O) groups excluding carboxylic acids is 2. The van der Waals surface area contributed by atoms with Crippen molar-refractivity contribution in [2.45, 2.75) is 13.0 Å². The molecule has 1 N–H and O–H groups in total. The van der Waals surface area contributed by atoms with Gasteiger partial charge in [-0.3, -0.25) is 14.6 Å². The SMILES string of the molecule is COCCN(CCC(=O)NCc1ccccn1)C(=O)c1ccoc1. The van der Waals surface area contributed by atoms with Crippen molar-refractivity contribution in [1.29, 1.82) is 0 Å². The maximum absolute atomic E-state index is 12.4. The summed E-state index contributed by atoms with van der Waals surface area (Å²) in [6, 6.07) is 7.13. The topological polar surface area (TPSA) is 84.7 Å². The molecule has 24 heavy (non-hydrogen) atoms. The van der Waals surface area contributed by atoms with Crippen molar-refractivity contribution >= 4 is 11.8 Å². The van der Waals surface area contributed by atoms with E-state index in [-0.39, 0.29) is 18.2 Å². The van der Waals surface area contributed by atoms with Crippen LogP contribution < -0.4 is 5.32 Å². The predicted molar refractivity (Wildman–Crippen MR) is 87.2 cm³/mol. The molecule has 128 valence electrons. The molecule has 0 spiro atoms. The van der Waals surface area contributed by atoms with Crippen LogP contribution in [0.1, 0.15) is 22.5 Å². The van der Waals surface area contributed by atoms with Gasteiger partial charge >= 0.3 is 0 Å². The van der Waals surface area contributed by atoms with Crippen LogP contribution in [0.3, 0.4) is 0 Å². The van der Waals surface area contributed by atoms with Crippen LogP contribution in [0, 0.1) is 0 Å². The minimum Gasteiger partial charge on any atom is -0.472 e. The quantitative estimate of drug-likeness (QED) is 0.752. The largest absolute Gasteiger partial charge is 0.472 e. The van der Waals surface area contributed by atoms with Gasteiger partial charge in [0.05, 0.1) is 30.7 Å². The second kappa shape index (κ2) is 9.46. The first-order chi connectivity index (χ1) is 11.7. The molecule has 0 aliphatic rings. The lowest BCUT2D eigenvalue weighted by molar-refractivity contribution is -0.121. The average molecular weight is 331 g/mol. The maximum atomic E-state index is 12.4. The molecule has 0 unspecified atom stereocenters. The van der Waals surface area contributed by atoms with E-state index < -0.39 is 0 Å². The third-order valence-electron chi connectivity index (χ3n) is 3.42. The first-order valence-electron chi connectivity index (χ1n) is 7.67. The molecule has 2 rings (SSSR count). The number of nitrogens with zero attached hydrogens (tertiary/aromatic N) is 2. The van der Waals surface area contributed by atoms with Gasteiger partial charge in [0, 0.05) is 32.8 Å². The van der Waals surface area contributed by atoms with Gasteiger partial charge in [-0.05, 0) is 18.2 Å². The molecule has 2 heterocycles. The molecule has 0 radical (unpaired) electrons. The van der Waals surface area contributed by atoms with Crippen LogP contribution in [0.5, 0.6) is 0 Å². The third kappa shape index (κ3) is 5.51. The summed E-state index contributed by atoms with van der Waals surface area (Å²) in [5, 5.41) is 2.79. The van der Waals surface area contributed by atoms with Crippen molar-refractivity contribution in [3.63, 3.8) is 0 Å². The summed E-state index contributed by atoms with van der Waals surface area (Å²) >= 11 is 0. The van der Waals surface area contributed by atoms with Gasteiger partial charge in [0.1, 0.15) is 6.26 Å². The Balaban J connectivity index is 1.83. The number of carbonyl (C=O) groups is 2. The zero-order chi connectivity index (χ0) is 17.2. The molecule has 7 heteroatoms. The zero-order valence-electron chi connectivity index (χ0n) is 13.6. The summed E-state index contributed by atoms with van der Waals surface area (Å²) in [7, 11) is 1.57. The molecule has 0 atom stereocenters. The monoisotopic (exact) mass is 331 g/mol. The van der Waals surface area contributed by atoms with Crippen molar-refractivity contribution in [2.24, 2.45) is 0 Å². The fourth-order valence-corrected chi connectivity index (χ4v) is 2.10. The Labute approximate surface area is 140 Å². The number of aromatic nitrogens is 1.